The molecular formula is C30H49BN2O6. The molecule has 2 atom stereocenters. The Morgan fingerprint density at radius 1 is 1.03 bits per heavy atom. The van der Waals surface area contributed by atoms with Crippen molar-refractivity contribution in [1.29, 1.82) is 0 Å². The summed E-state index contributed by atoms with van der Waals surface area (Å²) in [7, 11) is -0.297. The van der Waals surface area contributed by atoms with Crippen molar-refractivity contribution in [2.24, 2.45) is 5.92 Å². The van der Waals surface area contributed by atoms with E-state index >= 15 is 0 Å². The van der Waals surface area contributed by atoms with Gasteiger partial charge in [0.1, 0.15) is 18.2 Å². The van der Waals surface area contributed by atoms with Gasteiger partial charge in [0.15, 0.2) is 0 Å². The molecule has 2 fully saturated rings. The molecule has 2 aliphatic rings. The van der Waals surface area contributed by atoms with Crippen LogP contribution in [0, 0.1) is 5.92 Å². The smallest absolute Gasteiger partial charge is 0.457 e. The Morgan fingerprint density at radius 3 is 2.23 bits per heavy atom. The number of nitrogens with zero attached hydrogens (tertiary/aromatic N) is 1. The minimum absolute atomic E-state index is 0.131. The fourth-order valence-electron chi connectivity index (χ4n) is 5.09. The first-order valence-corrected chi connectivity index (χ1v) is 14.5. The number of likely N-dealkylation sites (tertiary alicyclic amines) is 1. The van der Waals surface area contributed by atoms with Gasteiger partial charge in [0.2, 0.25) is 0 Å². The summed E-state index contributed by atoms with van der Waals surface area (Å²) in [5, 5.41) is 2.88. The standard InChI is InChI=1S/C30H49BN2O6/c1-28(2,3)37-26(34)25(32-27(35)36-22-23-15-10-8-11-16-23)24(21-33-19-12-9-13-20-33)17-14-18-31-38-29(4,5)30(6,7)39-31/h8,10-11,15-16,24-25H,9,12-14,17-22H2,1-7H3,(H,32,35)/t24-,25+/m1/s1. The first-order valence-electron chi connectivity index (χ1n) is 14.5. The first-order chi connectivity index (χ1) is 18.3. The van der Waals surface area contributed by atoms with E-state index in [0.717, 1.165) is 37.9 Å². The summed E-state index contributed by atoms with van der Waals surface area (Å²) in [6.07, 6.45) is 5.10. The molecule has 2 saturated heterocycles. The fraction of sp³-hybridized carbons (Fsp3) is 0.733. The van der Waals surface area contributed by atoms with Crippen molar-refractivity contribution in [3.8, 4) is 0 Å². The van der Waals surface area contributed by atoms with Crippen molar-refractivity contribution in [1.82, 2.24) is 10.2 Å². The topological polar surface area (TPSA) is 86.3 Å². The van der Waals surface area contributed by atoms with Crippen LogP contribution in [0.1, 0.15) is 86.1 Å². The molecule has 218 valence electrons. The van der Waals surface area contributed by atoms with Crippen molar-refractivity contribution in [3.05, 3.63) is 35.9 Å². The van der Waals surface area contributed by atoms with Crippen molar-refractivity contribution < 1.29 is 28.4 Å². The molecule has 1 N–H and O–H groups in total. The Labute approximate surface area is 235 Å². The Hall–Kier alpha value is -2.10. The lowest BCUT2D eigenvalue weighted by atomic mass is 9.80. The number of amides is 1. The van der Waals surface area contributed by atoms with Crippen LogP contribution in [-0.2, 0) is 30.2 Å². The van der Waals surface area contributed by atoms with Gasteiger partial charge < -0.3 is 29.0 Å². The summed E-state index contributed by atoms with van der Waals surface area (Å²) in [5.74, 6) is -0.582. The van der Waals surface area contributed by atoms with E-state index in [-0.39, 0.29) is 30.8 Å². The normalized spacial score (nSPS) is 20.7. The predicted molar refractivity (Wildman–Crippen MR) is 153 cm³/mol. The second-order valence-corrected chi connectivity index (χ2v) is 13.0. The van der Waals surface area contributed by atoms with Crippen LogP contribution in [-0.4, -0.2) is 66.6 Å². The summed E-state index contributed by atoms with van der Waals surface area (Å²) in [5.41, 5.74) is -0.556. The Balaban J connectivity index is 1.71. The van der Waals surface area contributed by atoms with E-state index in [9.17, 15) is 9.59 Å². The highest BCUT2D eigenvalue weighted by molar-refractivity contribution is 6.45. The van der Waals surface area contributed by atoms with Gasteiger partial charge in [-0.3, -0.25) is 0 Å². The Morgan fingerprint density at radius 2 is 1.64 bits per heavy atom. The van der Waals surface area contributed by atoms with E-state index in [1.807, 2.05) is 51.1 Å². The third-order valence-electron chi connectivity index (χ3n) is 7.88. The maximum atomic E-state index is 13.5. The molecule has 39 heavy (non-hydrogen) atoms. The van der Waals surface area contributed by atoms with Gasteiger partial charge >= 0.3 is 19.2 Å². The molecule has 0 unspecified atom stereocenters. The lowest BCUT2D eigenvalue weighted by Crippen LogP contribution is -2.52. The highest BCUT2D eigenvalue weighted by Crippen LogP contribution is 2.38. The molecular weight excluding hydrogens is 495 g/mol. The van der Waals surface area contributed by atoms with E-state index < -0.39 is 23.7 Å². The van der Waals surface area contributed by atoms with Crippen LogP contribution in [0.4, 0.5) is 4.79 Å². The number of carbonyl (C=O) groups is 2. The molecule has 1 aromatic rings. The number of nitrogens with one attached hydrogen (secondary N) is 1. The number of hydrogen-bond donors (Lipinski definition) is 1. The minimum atomic E-state index is -0.826. The van der Waals surface area contributed by atoms with Crippen LogP contribution in [0.5, 0.6) is 0 Å². The van der Waals surface area contributed by atoms with Crippen molar-refractivity contribution in [2.45, 2.75) is 116 Å². The van der Waals surface area contributed by atoms with E-state index in [1.165, 1.54) is 6.42 Å². The highest BCUT2D eigenvalue weighted by Gasteiger charge is 2.50. The molecule has 8 nitrogen and oxygen atoms in total. The summed E-state index contributed by atoms with van der Waals surface area (Å²) in [4.78, 5) is 28.8. The summed E-state index contributed by atoms with van der Waals surface area (Å²) in [6.45, 7) is 16.5. The zero-order chi connectivity index (χ0) is 28.7. The number of rotatable bonds is 11. The third kappa shape index (κ3) is 9.80. The van der Waals surface area contributed by atoms with Crippen LogP contribution in [0.2, 0.25) is 6.32 Å². The Kier molecular flexibility index (Phi) is 10.9. The molecule has 9 heteroatoms. The quantitative estimate of drug-likeness (QED) is 0.287. The van der Waals surface area contributed by atoms with Gasteiger partial charge in [0, 0.05) is 12.5 Å². The third-order valence-corrected chi connectivity index (χ3v) is 7.88. The van der Waals surface area contributed by atoms with E-state index in [4.69, 9.17) is 18.8 Å². The zero-order valence-corrected chi connectivity index (χ0v) is 25.1. The molecule has 2 aliphatic heterocycles. The summed E-state index contributed by atoms with van der Waals surface area (Å²) in [6, 6.07) is 8.68. The molecule has 1 amide bonds. The number of carbonyl (C=O) groups excluding carboxylic acids is 2. The molecule has 0 radical (unpaired) electrons. The first kappa shape index (κ1) is 31.4. The van der Waals surface area contributed by atoms with E-state index in [2.05, 4.69) is 37.9 Å². The maximum Gasteiger partial charge on any atom is 0.457 e. The molecule has 0 aromatic heterocycles. The molecule has 2 heterocycles. The van der Waals surface area contributed by atoms with E-state index in [1.54, 1.807) is 0 Å². The SMILES string of the molecule is CC(C)(C)OC(=O)[C@@H](NC(=O)OCc1ccccc1)[C@H](CCCB1OC(C)(C)C(C)(C)O1)CN1CCCCC1. The van der Waals surface area contributed by atoms with Gasteiger partial charge in [-0.25, -0.2) is 9.59 Å². The number of benzene rings is 1. The van der Waals surface area contributed by atoms with Crippen molar-refractivity contribution >= 4 is 19.2 Å². The summed E-state index contributed by atoms with van der Waals surface area (Å²) >= 11 is 0. The van der Waals surface area contributed by atoms with Crippen LogP contribution in [0.25, 0.3) is 0 Å². The Bertz CT molecular complexity index is 911. The fourth-order valence-corrected chi connectivity index (χ4v) is 5.09. The summed E-state index contributed by atoms with van der Waals surface area (Å²) < 4.78 is 23.7. The van der Waals surface area contributed by atoms with Crippen LogP contribution in [0.3, 0.4) is 0 Å². The second-order valence-electron chi connectivity index (χ2n) is 13.0. The predicted octanol–water partition coefficient (Wildman–Crippen LogP) is 5.60. The average molecular weight is 545 g/mol. The van der Waals surface area contributed by atoms with Crippen LogP contribution in [0.15, 0.2) is 30.3 Å². The van der Waals surface area contributed by atoms with Crippen molar-refractivity contribution in [3.63, 3.8) is 0 Å². The molecule has 1 aromatic carbocycles. The number of ether oxygens (including phenoxy) is 2. The number of piperidine rings is 1. The molecule has 0 aliphatic carbocycles. The van der Waals surface area contributed by atoms with Gasteiger partial charge in [-0.2, -0.15) is 0 Å². The average Bonchev–Trinajstić information content (AvgIpc) is 3.06. The molecule has 0 saturated carbocycles. The van der Waals surface area contributed by atoms with Gasteiger partial charge in [-0.05, 0) is 92.7 Å². The molecule has 0 spiro atoms. The van der Waals surface area contributed by atoms with Gasteiger partial charge in [0.25, 0.3) is 0 Å². The minimum Gasteiger partial charge on any atom is -0.458 e. The monoisotopic (exact) mass is 544 g/mol. The lowest BCUT2D eigenvalue weighted by Gasteiger charge is -2.35. The maximum absolute atomic E-state index is 13.5. The number of hydrogen-bond acceptors (Lipinski definition) is 7. The second kappa shape index (κ2) is 13.5. The van der Waals surface area contributed by atoms with Gasteiger partial charge in [-0.1, -0.05) is 43.2 Å². The largest absolute Gasteiger partial charge is 0.458 e. The van der Waals surface area contributed by atoms with Crippen LogP contribution >= 0.6 is 0 Å². The lowest BCUT2D eigenvalue weighted by molar-refractivity contribution is -0.159. The van der Waals surface area contributed by atoms with Gasteiger partial charge in [-0.15, -0.1) is 0 Å². The highest BCUT2D eigenvalue weighted by atomic mass is 16.7. The van der Waals surface area contributed by atoms with Crippen LogP contribution < -0.4 is 5.32 Å². The molecule has 3 rings (SSSR count). The molecule has 0 bridgehead atoms. The van der Waals surface area contributed by atoms with Crippen molar-refractivity contribution in [2.75, 3.05) is 19.6 Å². The van der Waals surface area contributed by atoms with Gasteiger partial charge in [0.05, 0.1) is 11.2 Å². The zero-order valence-electron chi connectivity index (χ0n) is 25.1. The van der Waals surface area contributed by atoms with E-state index in [0.29, 0.717) is 19.3 Å². The number of esters is 1. The number of alkyl carbamates (subject to hydrolysis) is 1.